The molecular formula is C26H34N10O5+2. The molecule has 15 nitrogen and oxygen atoms in total. The first-order valence-electron chi connectivity index (χ1n) is 13.4. The van der Waals surface area contributed by atoms with Gasteiger partial charge >= 0.3 is 11.9 Å². The van der Waals surface area contributed by atoms with E-state index in [1.54, 1.807) is 18.2 Å². The molecule has 0 bridgehead atoms. The highest BCUT2D eigenvalue weighted by atomic mass is 16.5. The molecule has 5 heterocycles. The van der Waals surface area contributed by atoms with Crippen molar-refractivity contribution in [3.05, 3.63) is 53.6 Å². The Balaban J connectivity index is 1.27. The minimum absolute atomic E-state index is 0.0103. The number of ether oxygens (including phenoxy) is 1. The van der Waals surface area contributed by atoms with Gasteiger partial charge in [0.15, 0.2) is 6.04 Å². The smallest absolute Gasteiger partial charge is 0.347 e. The van der Waals surface area contributed by atoms with E-state index in [0.29, 0.717) is 17.9 Å². The molecule has 15 heteroatoms. The van der Waals surface area contributed by atoms with Crippen molar-refractivity contribution in [1.82, 2.24) is 31.2 Å². The second-order valence-corrected chi connectivity index (χ2v) is 11.4. The van der Waals surface area contributed by atoms with Gasteiger partial charge in [-0.15, -0.1) is 0 Å². The number of carbonyl (C=O) groups is 2. The summed E-state index contributed by atoms with van der Waals surface area (Å²) in [5.41, 5.74) is 11.9. The first-order chi connectivity index (χ1) is 19.5. The molecule has 41 heavy (non-hydrogen) atoms. The molecule has 2 amide bonds. The number of amides is 2. The molecule has 6 rings (SSSR count). The number of aliphatic hydroxyl groups is 2. The highest BCUT2D eigenvalue weighted by Crippen LogP contribution is 2.41. The van der Waals surface area contributed by atoms with E-state index in [2.05, 4.69) is 50.1 Å². The first kappa shape index (κ1) is 26.7. The lowest BCUT2D eigenvalue weighted by Crippen LogP contribution is -2.92. The van der Waals surface area contributed by atoms with Crippen LogP contribution in [-0.2, 0) is 5.41 Å². The van der Waals surface area contributed by atoms with Gasteiger partial charge in [-0.25, -0.2) is 19.9 Å². The topological polar surface area (TPSA) is 227 Å². The standard InChI is InChI=1S/C26H32N10O5/c1-24(2)7-10-41-17-13(5-3-6-14(17)24)20(37)33-16-12-36-23(28)32-15(11-31-21(38)19-29-8-4-9-30-19)18-25(36,26(16,39)40)35-22(27)34-18/h3-6,8-9,15-16,18,39-40H,7,10-12H2,1-2H3,(H7,27,28,31,32,33,34,35,37,38)/p+2/t15-,16?,18-,25-/m0/s1. The zero-order chi connectivity index (χ0) is 29.2. The van der Waals surface area contributed by atoms with Crippen molar-refractivity contribution < 1.29 is 34.1 Å². The van der Waals surface area contributed by atoms with Gasteiger partial charge in [0.05, 0.1) is 25.3 Å². The molecule has 0 aliphatic carbocycles. The average molecular weight is 567 g/mol. The van der Waals surface area contributed by atoms with Gasteiger partial charge in [-0.3, -0.25) is 31.4 Å². The van der Waals surface area contributed by atoms with Crippen molar-refractivity contribution in [3.8, 4) is 5.75 Å². The number of para-hydroxylation sites is 1. The number of carbonyl (C=O) groups excluding carboxylic acids is 2. The van der Waals surface area contributed by atoms with Crippen LogP contribution in [0.15, 0.2) is 36.7 Å². The maximum absolute atomic E-state index is 13.6. The van der Waals surface area contributed by atoms with Gasteiger partial charge in [0, 0.05) is 18.0 Å². The van der Waals surface area contributed by atoms with Crippen molar-refractivity contribution in [3.63, 3.8) is 0 Å². The molecule has 1 spiro atoms. The van der Waals surface area contributed by atoms with Crippen LogP contribution in [0.5, 0.6) is 5.75 Å². The molecule has 1 aromatic heterocycles. The number of aromatic nitrogens is 2. The summed E-state index contributed by atoms with van der Waals surface area (Å²) in [5, 5.41) is 35.1. The molecule has 1 unspecified atom stereocenters. The summed E-state index contributed by atoms with van der Waals surface area (Å²) < 4.78 is 7.42. The largest absolute Gasteiger partial charge is 0.492 e. The second kappa shape index (κ2) is 9.27. The van der Waals surface area contributed by atoms with Gasteiger partial charge in [0.1, 0.15) is 17.8 Å². The van der Waals surface area contributed by atoms with E-state index in [4.69, 9.17) is 16.2 Å². The van der Waals surface area contributed by atoms with E-state index in [0.717, 1.165) is 12.0 Å². The Labute approximate surface area is 235 Å². The summed E-state index contributed by atoms with van der Waals surface area (Å²) in [6, 6.07) is 4.30. The van der Waals surface area contributed by atoms with E-state index in [-0.39, 0.29) is 36.2 Å². The van der Waals surface area contributed by atoms with E-state index in [9.17, 15) is 19.8 Å². The average Bonchev–Trinajstić information content (AvgIpc) is 3.41. The highest BCUT2D eigenvalue weighted by Gasteiger charge is 2.78. The molecule has 0 radical (unpaired) electrons. The van der Waals surface area contributed by atoms with Gasteiger partial charge in [-0.2, -0.15) is 0 Å². The molecule has 0 saturated carbocycles. The Morgan fingerprint density at radius 1 is 1.20 bits per heavy atom. The molecule has 216 valence electrons. The third-order valence-electron chi connectivity index (χ3n) is 8.47. The summed E-state index contributed by atoms with van der Waals surface area (Å²) in [4.78, 5) is 37.1. The summed E-state index contributed by atoms with van der Waals surface area (Å²) in [6.45, 7) is 4.60. The molecule has 4 aliphatic heterocycles. The molecule has 1 fully saturated rings. The first-order valence-corrected chi connectivity index (χ1v) is 13.4. The van der Waals surface area contributed by atoms with E-state index in [1.165, 1.54) is 17.0 Å². The quantitative estimate of drug-likeness (QED) is 0.123. The summed E-state index contributed by atoms with van der Waals surface area (Å²) >= 11 is 0. The maximum atomic E-state index is 13.6. The van der Waals surface area contributed by atoms with Crippen LogP contribution < -0.4 is 42.5 Å². The van der Waals surface area contributed by atoms with E-state index < -0.39 is 41.4 Å². The van der Waals surface area contributed by atoms with Crippen LogP contribution in [0.4, 0.5) is 0 Å². The fourth-order valence-corrected chi connectivity index (χ4v) is 6.29. The fraction of sp³-hybridized carbons (Fsp3) is 0.462. The lowest BCUT2D eigenvalue weighted by atomic mass is 9.79. The summed E-state index contributed by atoms with van der Waals surface area (Å²) in [6.07, 6.45) is 3.71. The molecule has 4 atom stereocenters. The lowest BCUT2D eigenvalue weighted by Gasteiger charge is -2.41. The minimum atomic E-state index is -2.58. The van der Waals surface area contributed by atoms with E-state index in [1.807, 2.05) is 6.07 Å². The monoisotopic (exact) mass is 566 g/mol. The molecule has 11 N–H and O–H groups in total. The van der Waals surface area contributed by atoms with Crippen molar-refractivity contribution in [2.75, 3.05) is 19.7 Å². The third-order valence-corrected chi connectivity index (χ3v) is 8.47. The van der Waals surface area contributed by atoms with E-state index >= 15 is 0 Å². The number of nitrogens with two attached hydrogens (primary N) is 2. The fourth-order valence-electron chi connectivity index (χ4n) is 6.29. The van der Waals surface area contributed by atoms with Crippen molar-refractivity contribution in [2.45, 2.75) is 55.3 Å². The molecule has 1 saturated heterocycles. The van der Waals surface area contributed by atoms with Gasteiger partial charge in [0.25, 0.3) is 23.3 Å². The number of rotatable bonds is 5. The summed E-state index contributed by atoms with van der Waals surface area (Å²) in [5.74, 6) is -2.97. The zero-order valence-corrected chi connectivity index (χ0v) is 22.6. The van der Waals surface area contributed by atoms with Crippen molar-refractivity contribution >= 4 is 23.7 Å². The predicted molar refractivity (Wildman–Crippen MR) is 143 cm³/mol. The Kier molecular flexibility index (Phi) is 6.04. The van der Waals surface area contributed by atoms with Gasteiger partial charge < -0.3 is 25.6 Å². The molecule has 4 aliphatic rings. The Bertz CT molecular complexity index is 1480. The van der Waals surface area contributed by atoms with Crippen LogP contribution in [-0.4, -0.2) is 97.8 Å². The Morgan fingerprint density at radius 2 is 1.95 bits per heavy atom. The van der Waals surface area contributed by atoms with Crippen LogP contribution in [0, 0.1) is 0 Å². The normalized spacial score (nSPS) is 28.6. The Hall–Kier alpha value is -4.50. The summed E-state index contributed by atoms with van der Waals surface area (Å²) in [7, 11) is 0. The minimum Gasteiger partial charge on any atom is -0.492 e. The number of hydrogen-bond acceptors (Lipinski definition) is 11. The molecule has 1 aromatic carbocycles. The SMILES string of the molecule is CC1(C)CCOc2c(C(=O)NC3C[N+]4=C(N)N[C@@H](CNC(=O)c5ncccn5)[C@@H]5[NH+]=C(N)N[C@@]54C3(O)O)cccc21. The van der Waals surface area contributed by atoms with Gasteiger partial charge in [-0.1, -0.05) is 26.0 Å². The van der Waals surface area contributed by atoms with Crippen LogP contribution in [0.25, 0.3) is 0 Å². The maximum Gasteiger partial charge on any atom is 0.347 e. The number of hydrogen-bond donors (Lipinski definition) is 9. The van der Waals surface area contributed by atoms with Crippen molar-refractivity contribution in [2.24, 2.45) is 11.5 Å². The zero-order valence-electron chi connectivity index (χ0n) is 22.6. The van der Waals surface area contributed by atoms with Gasteiger partial charge in [0.2, 0.25) is 5.82 Å². The second-order valence-electron chi connectivity index (χ2n) is 11.4. The van der Waals surface area contributed by atoms with Crippen LogP contribution in [0.3, 0.4) is 0 Å². The number of fused-ring (bicyclic) bond motifs is 1. The number of benzene rings is 1. The van der Waals surface area contributed by atoms with Gasteiger partial charge in [-0.05, 0) is 24.0 Å². The number of guanidine groups is 2. The number of nitrogens with one attached hydrogen (secondary N) is 5. The highest BCUT2D eigenvalue weighted by molar-refractivity contribution is 5.98. The molecular weight excluding hydrogens is 532 g/mol. The van der Waals surface area contributed by atoms with Crippen LogP contribution >= 0.6 is 0 Å². The van der Waals surface area contributed by atoms with Crippen LogP contribution in [0.1, 0.15) is 46.8 Å². The molecule has 2 aromatic rings. The number of nitrogens with zero attached hydrogens (tertiary/aromatic N) is 3. The van der Waals surface area contributed by atoms with Crippen LogP contribution in [0.2, 0.25) is 0 Å². The third kappa shape index (κ3) is 4.02. The Morgan fingerprint density at radius 3 is 2.71 bits per heavy atom. The lowest BCUT2D eigenvalue weighted by molar-refractivity contribution is -0.674. The predicted octanol–water partition coefficient (Wildman–Crippen LogP) is -4.88. The van der Waals surface area contributed by atoms with Crippen molar-refractivity contribution in [1.29, 1.82) is 0 Å².